The number of nitrogens with two attached hydrogens (primary N) is 1. The van der Waals surface area contributed by atoms with Gasteiger partial charge in [-0.15, -0.1) is 0 Å². The van der Waals surface area contributed by atoms with Gasteiger partial charge >= 0.3 is 12.2 Å². The molecule has 362 valence electrons. The number of ether oxygens (including phenoxy) is 4. The Balaban J connectivity index is 0.761. The number of aromatic nitrogens is 2. The monoisotopic (exact) mass is 939 g/mol. The third-order valence-electron chi connectivity index (χ3n) is 16.3. The number of methoxy groups -OCH3 is 2. The zero-order chi connectivity index (χ0) is 47.2. The number of H-pyrrole nitrogens is 1. The molecule has 6 fully saturated rings. The lowest BCUT2D eigenvalue weighted by atomic mass is 9.87. The van der Waals surface area contributed by atoms with Crippen LogP contribution in [0.2, 0.25) is 0 Å². The molecular formula is C53H63N8O8+. The number of carbonyl (C=O) groups excluding carboxylic acids is 4. The molecule has 3 aromatic carbocycles. The molecule has 16 nitrogen and oxygen atoms in total. The van der Waals surface area contributed by atoms with Crippen LogP contribution in [0.3, 0.4) is 0 Å². The molecule has 1 aromatic heterocycles. The summed E-state index contributed by atoms with van der Waals surface area (Å²) in [6, 6.07) is 19.9. The van der Waals surface area contributed by atoms with Gasteiger partial charge in [0, 0.05) is 50.1 Å². The standard InChI is InChI=1S/C53H62N8O8/c1-66-51(64)58-45(34-13-19-68-20-14-34)49(62)60-30-53(17-18-53)27-44(60)48-55-29-42(57-48)39-11-10-37-25-36(8-9-38(37)26-39)32-4-6-33(7-5-32)41-28-54-47(56-41)43-24-31-3-12-40(23-31)61(43)50(63)46(59-52(65)67-2)35-15-21-69-22-16-35/h4-11,25-26,28-29,31,34-35,40,43-46H,3,12-24,27,30H2,1-2H3,(H,54,56)(H,55,57)(H,58,64)(H,59,65)/p+1. The largest absolute Gasteiger partial charge is 0.453 e. The number of amidine groups is 1. The van der Waals surface area contributed by atoms with Crippen LogP contribution < -0.4 is 16.0 Å². The lowest BCUT2D eigenvalue weighted by molar-refractivity contribution is -0.436. The smallest absolute Gasteiger partial charge is 0.407 e. The molecule has 2 bridgehead atoms. The van der Waals surface area contributed by atoms with Gasteiger partial charge in [0.1, 0.15) is 23.9 Å². The highest BCUT2D eigenvalue weighted by Gasteiger charge is 2.56. The molecule has 7 aliphatic rings. The molecule has 4 amide bonds. The van der Waals surface area contributed by atoms with E-state index in [2.05, 4.69) is 86.5 Å². The molecule has 0 radical (unpaired) electrons. The second-order valence-corrected chi connectivity index (χ2v) is 20.5. The van der Waals surface area contributed by atoms with Gasteiger partial charge in [-0.3, -0.25) is 14.9 Å². The fourth-order valence-electron chi connectivity index (χ4n) is 12.3. The normalized spacial score (nSPS) is 25.2. The van der Waals surface area contributed by atoms with Crippen molar-refractivity contribution in [3.8, 4) is 22.4 Å². The maximum atomic E-state index is 14.6. The average Bonchev–Trinajstić information content (AvgIpc) is 3.86. The van der Waals surface area contributed by atoms with Crippen molar-refractivity contribution in [1.82, 2.24) is 30.4 Å². The molecule has 6 heterocycles. The summed E-state index contributed by atoms with van der Waals surface area (Å²) in [5, 5.41) is 10.1. The first kappa shape index (κ1) is 45.3. The Morgan fingerprint density at radius 2 is 1.35 bits per heavy atom. The van der Waals surface area contributed by atoms with Gasteiger partial charge in [0.15, 0.2) is 5.70 Å². The topological polar surface area (TPSA) is 193 Å². The second-order valence-electron chi connectivity index (χ2n) is 20.5. The fraction of sp³-hybridized carbons (Fsp3) is 0.509. The molecule has 6 atom stereocenters. The van der Waals surface area contributed by atoms with Crippen LogP contribution in [0.4, 0.5) is 9.59 Å². The van der Waals surface area contributed by atoms with E-state index in [0.717, 1.165) is 101 Å². The van der Waals surface area contributed by atoms with E-state index in [1.165, 1.54) is 14.2 Å². The first-order valence-corrected chi connectivity index (χ1v) is 25.0. The molecule has 2 aliphatic carbocycles. The van der Waals surface area contributed by atoms with E-state index in [4.69, 9.17) is 28.9 Å². The molecule has 16 heteroatoms. The summed E-state index contributed by atoms with van der Waals surface area (Å²) in [6.07, 6.45) is 12.3. The van der Waals surface area contributed by atoms with Crippen LogP contribution in [-0.2, 0) is 28.5 Å². The summed E-state index contributed by atoms with van der Waals surface area (Å²) in [4.78, 5) is 71.3. The van der Waals surface area contributed by atoms with E-state index in [-0.39, 0.29) is 47.2 Å². The number of aliphatic imine (C=N–C) groups is 1. The molecule has 69 heavy (non-hydrogen) atoms. The number of aromatic amines is 1. The second kappa shape index (κ2) is 19.0. The van der Waals surface area contributed by atoms with Gasteiger partial charge in [-0.05, 0) is 140 Å². The maximum Gasteiger partial charge on any atom is 0.407 e. The van der Waals surface area contributed by atoms with E-state index in [0.29, 0.717) is 64.6 Å². The molecule has 6 unspecified atom stereocenters. The SMILES string of the molecule is COC(=O)NC(C(=O)N1CC2(CC2)CC1c1ncc(-c2ccc3cc(-c4ccc(C5=CN=C(C6CC7CCC(C7)N6C(=O)C(NC(=O)OC)C6CCOCC6)[NH2+]5)cc4)ccc3c2)[nH]1)C1CCOCC1. The first-order chi connectivity index (χ1) is 33.7. The van der Waals surface area contributed by atoms with Crippen molar-refractivity contribution in [3.05, 3.63) is 84.4 Å². The van der Waals surface area contributed by atoms with Crippen molar-refractivity contribution in [2.45, 2.75) is 101 Å². The van der Waals surface area contributed by atoms with Crippen LogP contribution in [0.5, 0.6) is 0 Å². The molecular weight excluding hydrogens is 877 g/mol. The molecule has 4 aromatic rings. The Hall–Kier alpha value is -6.10. The van der Waals surface area contributed by atoms with Crippen molar-refractivity contribution < 1.29 is 43.4 Å². The number of nitrogens with zero attached hydrogens (tertiary/aromatic N) is 4. The van der Waals surface area contributed by atoms with E-state index in [9.17, 15) is 19.2 Å². The number of hydrogen-bond donors (Lipinski definition) is 4. The number of fused-ring (bicyclic) bond motifs is 3. The van der Waals surface area contributed by atoms with Crippen LogP contribution in [0.1, 0.15) is 88.1 Å². The zero-order valence-electron chi connectivity index (χ0n) is 39.5. The Morgan fingerprint density at radius 1 is 0.739 bits per heavy atom. The lowest BCUT2D eigenvalue weighted by Gasteiger charge is -2.42. The number of rotatable bonds is 11. The van der Waals surface area contributed by atoms with Gasteiger partial charge < -0.3 is 44.4 Å². The molecule has 4 saturated heterocycles. The molecule has 1 spiro atoms. The summed E-state index contributed by atoms with van der Waals surface area (Å²) in [5.41, 5.74) is 6.28. The molecule has 5 aliphatic heterocycles. The minimum Gasteiger partial charge on any atom is -0.453 e. The Kier molecular flexibility index (Phi) is 12.5. The van der Waals surface area contributed by atoms with Crippen molar-refractivity contribution in [2.24, 2.45) is 28.2 Å². The number of alkyl carbamates (subject to hydrolysis) is 2. The third kappa shape index (κ3) is 9.14. The number of benzene rings is 3. The lowest BCUT2D eigenvalue weighted by Crippen LogP contribution is -2.88. The van der Waals surface area contributed by atoms with Gasteiger partial charge in [0.2, 0.25) is 17.6 Å². The minimum absolute atomic E-state index is 0.0193. The van der Waals surface area contributed by atoms with E-state index >= 15 is 0 Å². The maximum absolute atomic E-state index is 14.6. The zero-order valence-corrected chi connectivity index (χ0v) is 39.5. The Bertz CT molecular complexity index is 2670. The summed E-state index contributed by atoms with van der Waals surface area (Å²) in [7, 11) is 2.66. The van der Waals surface area contributed by atoms with E-state index in [1.807, 2.05) is 17.3 Å². The predicted octanol–water partition coefficient (Wildman–Crippen LogP) is 6.30. The van der Waals surface area contributed by atoms with Crippen LogP contribution in [0.15, 0.2) is 78.1 Å². The van der Waals surface area contributed by atoms with Crippen molar-refractivity contribution >= 4 is 46.3 Å². The summed E-state index contributed by atoms with van der Waals surface area (Å²) < 4.78 is 21.1. The highest BCUT2D eigenvalue weighted by atomic mass is 16.5. The highest BCUT2D eigenvalue weighted by Crippen LogP contribution is 2.58. The van der Waals surface area contributed by atoms with Crippen molar-refractivity contribution in [3.63, 3.8) is 0 Å². The number of amides is 4. The number of hydrogen-bond acceptors (Lipinski definition) is 10. The number of nitrogens with one attached hydrogen (secondary N) is 3. The summed E-state index contributed by atoms with van der Waals surface area (Å²) in [6.45, 7) is 2.93. The number of likely N-dealkylation sites (tertiary alicyclic amines) is 2. The van der Waals surface area contributed by atoms with E-state index in [1.54, 1.807) is 0 Å². The third-order valence-corrected chi connectivity index (χ3v) is 16.3. The van der Waals surface area contributed by atoms with E-state index < -0.39 is 24.3 Å². The van der Waals surface area contributed by atoms with Crippen LogP contribution in [0, 0.1) is 23.2 Å². The average molecular weight is 940 g/mol. The number of quaternary nitrogens is 1. The van der Waals surface area contributed by atoms with Crippen LogP contribution >= 0.6 is 0 Å². The van der Waals surface area contributed by atoms with Crippen LogP contribution in [-0.4, -0.2) is 121 Å². The Labute approximate surface area is 401 Å². The Morgan fingerprint density at radius 3 is 2.00 bits per heavy atom. The fourth-order valence-corrected chi connectivity index (χ4v) is 12.3. The number of imidazole rings is 1. The van der Waals surface area contributed by atoms with Gasteiger partial charge in [0.25, 0.3) is 0 Å². The first-order valence-electron chi connectivity index (χ1n) is 25.0. The number of carbonyl (C=O) groups is 4. The predicted molar refractivity (Wildman–Crippen MR) is 257 cm³/mol. The molecule has 11 rings (SSSR count). The molecule has 2 saturated carbocycles. The highest BCUT2D eigenvalue weighted by molar-refractivity contribution is 5.94. The number of piperidine rings is 1. The van der Waals surface area contributed by atoms with Crippen LogP contribution in [0.25, 0.3) is 38.9 Å². The van der Waals surface area contributed by atoms with Gasteiger partial charge in [0.05, 0.1) is 38.4 Å². The van der Waals surface area contributed by atoms with Crippen molar-refractivity contribution in [1.29, 1.82) is 0 Å². The van der Waals surface area contributed by atoms with Gasteiger partial charge in [-0.25, -0.2) is 19.6 Å². The van der Waals surface area contributed by atoms with Gasteiger partial charge in [-0.2, -0.15) is 0 Å². The summed E-state index contributed by atoms with van der Waals surface area (Å²) >= 11 is 0. The minimum atomic E-state index is -0.684. The quantitative estimate of drug-likeness (QED) is 0.134. The van der Waals surface area contributed by atoms with Crippen molar-refractivity contribution in [2.75, 3.05) is 47.2 Å². The van der Waals surface area contributed by atoms with Gasteiger partial charge in [-0.1, -0.05) is 36.4 Å². The summed E-state index contributed by atoms with van der Waals surface area (Å²) in [5.74, 6) is 2.04. The molecule has 5 N–H and O–H groups in total.